The number of halogens is 1. The molecule has 0 fully saturated rings. The Morgan fingerprint density at radius 3 is 1.53 bits per heavy atom. The Balaban J connectivity index is 0.000000136. The van der Waals surface area contributed by atoms with Gasteiger partial charge in [-0.15, -0.1) is 0 Å². The van der Waals surface area contributed by atoms with Crippen LogP contribution in [0.25, 0.3) is 10.8 Å². The maximum atomic E-state index is 5.48. The zero-order valence-corrected chi connectivity index (χ0v) is 10.0. The Kier molecular flexibility index (Phi) is 4.11. The average molecular weight is 242 g/mol. The van der Waals surface area contributed by atoms with E-state index in [0.717, 1.165) is 0 Å². The maximum absolute atomic E-state index is 5.48. The average Bonchev–Trinajstić information content (AvgIpc) is 2.41. The van der Waals surface area contributed by atoms with Gasteiger partial charge in [0, 0.05) is 12.4 Å². The topological polar surface area (TPSA) is 12.9 Å². The highest BCUT2D eigenvalue weighted by molar-refractivity contribution is 6.30. The van der Waals surface area contributed by atoms with Crippen LogP contribution in [0.5, 0.6) is 0 Å². The molecule has 17 heavy (non-hydrogen) atoms. The quantitative estimate of drug-likeness (QED) is 0.562. The van der Waals surface area contributed by atoms with Crippen LogP contribution in [0, 0.1) is 0 Å². The molecule has 3 aromatic rings. The van der Waals surface area contributed by atoms with Gasteiger partial charge in [0.25, 0.3) is 0 Å². The fourth-order valence-electron chi connectivity index (χ4n) is 1.47. The highest BCUT2D eigenvalue weighted by Gasteiger charge is 1.85. The zero-order valence-electron chi connectivity index (χ0n) is 9.25. The first-order valence-corrected chi connectivity index (χ1v) is 5.73. The van der Waals surface area contributed by atoms with Crippen LogP contribution in [0.4, 0.5) is 0 Å². The largest absolute Gasteiger partial charge is 0.263 e. The molecule has 84 valence electrons. The second-order valence-corrected chi connectivity index (χ2v) is 3.95. The van der Waals surface area contributed by atoms with E-state index in [0.29, 0.717) is 5.02 Å². The van der Waals surface area contributed by atoms with Crippen LogP contribution in [0.2, 0.25) is 5.02 Å². The molecule has 0 aliphatic carbocycles. The fourth-order valence-corrected chi connectivity index (χ4v) is 1.60. The van der Waals surface area contributed by atoms with Crippen LogP contribution in [-0.4, -0.2) is 4.98 Å². The highest BCUT2D eigenvalue weighted by atomic mass is 35.5. The van der Waals surface area contributed by atoms with Crippen molar-refractivity contribution in [2.45, 2.75) is 0 Å². The van der Waals surface area contributed by atoms with Crippen LogP contribution < -0.4 is 0 Å². The van der Waals surface area contributed by atoms with Gasteiger partial charge in [-0.3, -0.25) is 4.98 Å². The predicted octanol–water partition coefficient (Wildman–Crippen LogP) is 4.57. The van der Waals surface area contributed by atoms with Crippen molar-refractivity contribution in [3.8, 4) is 0 Å². The summed E-state index contributed by atoms with van der Waals surface area (Å²) in [7, 11) is 0. The van der Waals surface area contributed by atoms with E-state index in [9.17, 15) is 0 Å². The molecule has 0 N–H and O–H groups in total. The Morgan fingerprint density at radius 1 is 0.706 bits per heavy atom. The van der Waals surface area contributed by atoms with E-state index in [1.807, 2.05) is 0 Å². The van der Waals surface area contributed by atoms with Crippen molar-refractivity contribution in [3.63, 3.8) is 0 Å². The highest BCUT2D eigenvalue weighted by Crippen LogP contribution is 2.11. The Labute approximate surface area is 106 Å². The molecular weight excluding hydrogens is 230 g/mol. The number of benzene rings is 2. The van der Waals surface area contributed by atoms with Crippen molar-refractivity contribution < 1.29 is 0 Å². The van der Waals surface area contributed by atoms with Crippen molar-refractivity contribution in [1.82, 2.24) is 4.98 Å². The van der Waals surface area contributed by atoms with E-state index in [-0.39, 0.29) is 0 Å². The molecule has 2 heteroatoms. The molecule has 0 aliphatic heterocycles. The molecule has 1 heterocycles. The number of pyridine rings is 1. The summed E-state index contributed by atoms with van der Waals surface area (Å²) >= 11 is 5.48. The first kappa shape index (κ1) is 11.6. The van der Waals surface area contributed by atoms with Gasteiger partial charge in [0.15, 0.2) is 0 Å². The van der Waals surface area contributed by atoms with Crippen LogP contribution in [-0.2, 0) is 0 Å². The van der Waals surface area contributed by atoms with E-state index in [1.54, 1.807) is 24.5 Å². The minimum absolute atomic E-state index is 0.683. The van der Waals surface area contributed by atoms with Gasteiger partial charge in [-0.2, -0.15) is 0 Å². The van der Waals surface area contributed by atoms with Crippen molar-refractivity contribution >= 4 is 22.4 Å². The lowest BCUT2D eigenvalue weighted by Crippen LogP contribution is -1.67. The predicted molar refractivity (Wildman–Crippen MR) is 73.2 cm³/mol. The number of hydrogen-bond acceptors (Lipinski definition) is 1. The molecule has 0 saturated heterocycles. The molecule has 0 saturated carbocycles. The van der Waals surface area contributed by atoms with E-state index in [2.05, 4.69) is 53.5 Å². The Bertz CT molecular complexity index is 513. The number of fused-ring (bicyclic) bond motifs is 1. The number of hydrogen-bond donors (Lipinski definition) is 0. The third-order valence-corrected chi connectivity index (χ3v) is 2.51. The lowest BCUT2D eigenvalue weighted by molar-refractivity contribution is 1.33. The standard InChI is InChI=1S/C10H8.C5H4ClN/c1-2-6-10-8-4-3-7-9(10)5-1;6-5-2-1-3-7-4-5/h1-8H;1-4H. The van der Waals surface area contributed by atoms with Crippen molar-refractivity contribution in [2.75, 3.05) is 0 Å². The van der Waals surface area contributed by atoms with Gasteiger partial charge in [0.1, 0.15) is 0 Å². The number of rotatable bonds is 0. The van der Waals surface area contributed by atoms with E-state index >= 15 is 0 Å². The maximum Gasteiger partial charge on any atom is 0.0589 e. The number of nitrogens with zero attached hydrogens (tertiary/aromatic N) is 1. The third-order valence-electron chi connectivity index (χ3n) is 2.28. The minimum Gasteiger partial charge on any atom is -0.263 e. The van der Waals surface area contributed by atoms with Crippen molar-refractivity contribution in [1.29, 1.82) is 0 Å². The first-order valence-electron chi connectivity index (χ1n) is 5.35. The second-order valence-electron chi connectivity index (χ2n) is 3.52. The van der Waals surface area contributed by atoms with Gasteiger partial charge >= 0.3 is 0 Å². The lowest BCUT2D eigenvalue weighted by atomic mass is 10.1. The van der Waals surface area contributed by atoms with Crippen LogP contribution >= 0.6 is 11.6 Å². The van der Waals surface area contributed by atoms with Gasteiger partial charge < -0.3 is 0 Å². The van der Waals surface area contributed by atoms with Gasteiger partial charge in [0.05, 0.1) is 5.02 Å². The van der Waals surface area contributed by atoms with Gasteiger partial charge in [-0.05, 0) is 22.9 Å². The molecule has 1 aromatic heterocycles. The molecule has 1 nitrogen and oxygen atoms in total. The molecule has 3 rings (SSSR count). The summed E-state index contributed by atoms with van der Waals surface area (Å²) in [4.78, 5) is 3.75. The molecule has 0 spiro atoms. The normalized spacial score (nSPS) is 9.47. The Morgan fingerprint density at radius 2 is 1.24 bits per heavy atom. The van der Waals surface area contributed by atoms with Gasteiger partial charge in [-0.25, -0.2) is 0 Å². The molecule has 0 amide bonds. The summed E-state index contributed by atoms with van der Waals surface area (Å²) in [5, 5.41) is 3.30. The monoisotopic (exact) mass is 241 g/mol. The summed E-state index contributed by atoms with van der Waals surface area (Å²) < 4.78 is 0. The summed E-state index contributed by atoms with van der Waals surface area (Å²) in [5.41, 5.74) is 0. The molecule has 0 unspecified atom stereocenters. The summed E-state index contributed by atoms with van der Waals surface area (Å²) in [6, 6.07) is 20.3. The van der Waals surface area contributed by atoms with Crippen LogP contribution in [0.3, 0.4) is 0 Å². The lowest BCUT2D eigenvalue weighted by Gasteiger charge is -1.92. The number of aromatic nitrogens is 1. The van der Waals surface area contributed by atoms with E-state index in [1.165, 1.54) is 10.8 Å². The van der Waals surface area contributed by atoms with E-state index < -0.39 is 0 Å². The van der Waals surface area contributed by atoms with Crippen LogP contribution in [0.1, 0.15) is 0 Å². The first-order chi connectivity index (χ1) is 8.36. The minimum atomic E-state index is 0.683. The molecule has 2 aromatic carbocycles. The second kappa shape index (κ2) is 6.02. The molecule has 0 atom stereocenters. The van der Waals surface area contributed by atoms with Gasteiger partial charge in [-0.1, -0.05) is 60.1 Å². The summed E-state index contributed by atoms with van der Waals surface area (Å²) in [6.45, 7) is 0. The summed E-state index contributed by atoms with van der Waals surface area (Å²) in [6.07, 6.45) is 3.29. The van der Waals surface area contributed by atoms with Crippen molar-refractivity contribution in [3.05, 3.63) is 78.1 Å². The summed E-state index contributed by atoms with van der Waals surface area (Å²) in [5.74, 6) is 0. The van der Waals surface area contributed by atoms with E-state index in [4.69, 9.17) is 11.6 Å². The third kappa shape index (κ3) is 3.58. The van der Waals surface area contributed by atoms with Crippen LogP contribution in [0.15, 0.2) is 73.1 Å². The van der Waals surface area contributed by atoms with Gasteiger partial charge in [0.2, 0.25) is 0 Å². The molecule has 0 bridgehead atoms. The fraction of sp³-hybridized carbons (Fsp3) is 0. The zero-order chi connectivity index (χ0) is 11.9. The molecular formula is C15H12ClN. The SMILES string of the molecule is Clc1cccnc1.c1ccc2ccccc2c1. The molecule has 0 radical (unpaired) electrons. The smallest absolute Gasteiger partial charge is 0.0589 e. The Hall–Kier alpha value is -1.86. The van der Waals surface area contributed by atoms with Crippen molar-refractivity contribution in [2.24, 2.45) is 0 Å². The molecule has 0 aliphatic rings.